The Morgan fingerprint density at radius 3 is 2.57 bits per heavy atom. The second-order valence-electron chi connectivity index (χ2n) is 7.99. The van der Waals surface area contributed by atoms with E-state index in [4.69, 9.17) is 9.41 Å². The number of guanidine groups is 1. The summed E-state index contributed by atoms with van der Waals surface area (Å²) in [6.07, 6.45) is 10.7. The highest BCUT2D eigenvalue weighted by molar-refractivity contribution is 5.79. The first-order valence-corrected chi connectivity index (χ1v) is 11.1. The third-order valence-corrected chi connectivity index (χ3v) is 5.29. The summed E-state index contributed by atoms with van der Waals surface area (Å²) in [5.74, 6) is 1.95. The molecule has 0 radical (unpaired) electrons. The summed E-state index contributed by atoms with van der Waals surface area (Å²) in [7, 11) is 4.29. The monoisotopic (exact) mass is 391 g/mol. The summed E-state index contributed by atoms with van der Waals surface area (Å²) in [5.41, 5.74) is 0. The number of likely N-dealkylation sites (tertiary alicyclic amines) is 1. The van der Waals surface area contributed by atoms with Crippen LogP contribution in [-0.4, -0.2) is 69.1 Å². The van der Waals surface area contributed by atoms with Gasteiger partial charge in [-0.3, -0.25) is 9.89 Å². The fourth-order valence-corrected chi connectivity index (χ4v) is 3.73. The van der Waals surface area contributed by atoms with Crippen LogP contribution in [0.5, 0.6) is 0 Å². The molecular formula is C22H41N5O. The van der Waals surface area contributed by atoms with Gasteiger partial charge in [0.05, 0.1) is 18.8 Å². The van der Waals surface area contributed by atoms with Crippen molar-refractivity contribution >= 4 is 5.96 Å². The number of nitrogens with one attached hydrogen (secondary N) is 2. The van der Waals surface area contributed by atoms with Gasteiger partial charge < -0.3 is 20.0 Å². The lowest BCUT2D eigenvalue weighted by molar-refractivity contribution is 0.221. The normalized spacial score (nSPS) is 16.6. The highest BCUT2D eigenvalue weighted by atomic mass is 16.3. The second-order valence-corrected chi connectivity index (χ2v) is 7.99. The number of furan rings is 1. The van der Waals surface area contributed by atoms with E-state index in [2.05, 4.69) is 47.5 Å². The predicted octanol–water partition coefficient (Wildman–Crippen LogP) is 3.48. The highest BCUT2D eigenvalue weighted by Crippen LogP contribution is 2.25. The number of aliphatic imine (C=N–C) groups is 1. The zero-order valence-electron chi connectivity index (χ0n) is 18.3. The summed E-state index contributed by atoms with van der Waals surface area (Å²) in [4.78, 5) is 9.63. The lowest BCUT2D eigenvalue weighted by Gasteiger charge is -2.24. The SMILES string of the molecule is CCNC(=NCC(c1ccco1)N1CCCC1)NCCCCCCCN(C)C. The standard InChI is InChI=1S/C22H41N5O/c1-4-23-22(24-14-8-6-5-7-9-15-26(2)3)25-19-20(21-13-12-18-28-21)27-16-10-11-17-27/h12-13,18,20H,4-11,14-17,19H2,1-3H3,(H2,23,24,25). The number of hydrogen-bond acceptors (Lipinski definition) is 4. The van der Waals surface area contributed by atoms with Crippen LogP contribution in [-0.2, 0) is 0 Å². The fourth-order valence-electron chi connectivity index (χ4n) is 3.73. The highest BCUT2D eigenvalue weighted by Gasteiger charge is 2.25. The summed E-state index contributed by atoms with van der Waals surface area (Å²) in [5, 5.41) is 6.88. The van der Waals surface area contributed by atoms with Crippen LogP contribution in [0.1, 0.15) is 63.7 Å². The average molecular weight is 392 g/mol. The maximum absolute atomic E-state index is 5.71. The third kappa shape index (κ3) is 8.65. The van der Waals surface area contributed by atoms with Crippen molar-refractivity contribution in [3.63, 3.8) is 0 Å². The van der Waals surface area contributed by atoms with Crippen LogP contribution in [0, 0.1) is 0 Å². The minimum atomic E-state index is 0.240. The van der Waals surface area contributed by atoms with E-state index < -0.39 is 0 Å². The van der Waals surface area contributed by atoms with Crippen molar-refractivity contribution in [2.75, 3.05) is 53.4 Å². The van der Waals surface area contributed by atoms with Gasteiger partial charge in [0.1, 0.15) is 5.76 Å². The number of hydrogen-bond donors (Lipinski definition) is 2. The molecule has 1 aromatic heterocycles. The van der Waals surface area contributed by atoms with Crippen molar-refractivity contribution < 1.29 is 4.42 Å². The molecule has 6 heteroatoms. The Balaban J connectivity index is 1.74. The minimum Gasteiger partial charge on any atom is -0.468 e. The van der Waals surface area contributed by atoms with Crippen LogP contribution in [0.15, 0.2) is 27.8 Å². The number of rotatable bonds is 13. The largest absolute Gasteiger partial charge is 0.468 e. The van der Waals surface area contributed by atoms with E-state index in [1.54, 1.807) is 6.26 Å². The van der Waals surface area contributed by atoms with E-state index in [1.807, 2.05) is 6.07 Å². The molecule has 0 bridgehead atoms. The molecule has 0 aromatic carbocycles. The molecule has 0 saturated carbocycles. The van der Waals surface area contributed by atoms with Crippen molar-refractivity contribution in [3.05, 3.63) is 24.2 Å². The number of nitrogens with zero attached hydrogens (tertiary/aromatic N) is 3. The molecule has 0 aliphatic carbocycles. The third-order valence-electron chi connectivity index (χ3n) is 5.29. The van der Waals surface area contributed by atoms with Gasteiger partial charge in [0.2, 0.25) is 0 Å². The molecule has 1 unspecified atom stereocenters. The molecule has 2 N–H and O–H groups in total. The molecule has 1 aliphatic heterocycles. The van der Waals surface area contributed by atoms with Crippen molar-refractivity contribution in [2.45, 2.75) is 57.9 Å². The molecule has 1 aromatic rings. The van der Waals surface area contributed by atoms with Gasteiger partial charge in [-0.1, -0.05) is 19.3 Å². The smallest absolute Gasteiger partial charge is 0.191 e. The van der Waals surface area contributed by atoms with Gasteiger partial charge in [0.15, 0.2) is 5.96 Å². The van der Waals surface area contributed by atoms with Gasteiger partial charge in [0.25, 0.3) is 0 Å². The molecule has 28 heavy (non-hydrogen) atoms. The molecule has 1 aliphatic rings. The first kappa shape index (κ1) is 22.8. The minimum absolute atomic E-state index is 0.240. The van der Waals surface area contributed by atoms with Crippen LogP contribution >= 0.6 is 0 Å². The molecular weight excluding hydrogens is 350 g/mol. The number of unbranched alkanes of at least 4 members (excludes halogenated alkanes) is 4. The molecule has 1 saturated heterocycles. The molecule has 1 atom stereocenters. The van der Waals surface area contributed by atoms with E-state index in [1.165, 1.54) is 51.5 Å². The molecule has 6 nitrogen and oxygen atoms in total. The van der Waals surface area contributed by atoms with E-state index >= 15 is 0 Å². The van der Waals surface area contributed by atoms with Gasteiger partial charge in [-0.2, -0.15) is 0 Å². The predicted molar refractivity (Wildman–Crippen MR) is 118 cm³/mol. The Bertz CT molecular complexity index is 523. The molecule has 2 heterocycles. The maximum atomic E-state index is 5.71. The van der Waals surface area contributed by atoms with Gasteiger partial charge in [-0.15, -0.1) is 0 Å². The Morgan fingerprint density at radius 2 is 1.89 bits per heavy atom. The van der Waals surface area contributed by atoms with Gasteiger partial charge >= 0.3 is 0 Å². The zero-order chi connectivity index (χ0) is 20.0. The fraction of sp³-hybridized carbons (Fsp3) is 0.773. The summed E-state index contributed by atoms with van der Waals surface area (Å²) >= 11 is 0. The van der Waals surface area contributed by atoms with Crippen LogP contribution in [0.2, 0.25) is 0 Å². The average Bonchev–Trinajstić information content (AvgIpc) is 3.38. The Hall–Kier alpha value is -1.53. The topological polar surface area (TPSA) is 56.0 Å². The van der Waals surface area contributed by atoms with Gasteiger partial charge in [-0.05, 0) is 78.5 Å². The maximum Gasteiger partial charge on any atom is 0.191 e. The Labute approximate surface area is 171 Å². The summed E-state index contributed by atoms with van der Waals surface area (Å²) < 4.78 is 5.71. The molecule has 160 valence electrons. The Kier molecular flexibility index (Phi) is 11.1. The summed E-state index contributed by atoms with van der Waals surface area (Å²) in [6, 6.07) is 4.30. The van der Waals surface area contributed by atoms with Crippen LogP contribution in [0.4, 0.5) is 0 Å². The molecule has 2 rings (SSSR count). The lowest BCUT2D eigenvalue weighted by Crippen LogP contribution is -2.38. The zero-order valence-corrected chi connectivity index (χ0v) is 18.3. The summed E-state index contributed by atoms with van der Waals surface area (Å²) in [6.45, 7) is 8.18. The first-order valence-electron chi connectivity index (χ1n) is 11.1. The quantitative estimate of drug-likeness (QED) is 0.306. The van der Waals surface area contributed by atoms with Crippen molar-refractivity contribution in [1.82, 2.24) is 20.4 Å². The molecule has 1 fully saturated rings. The molecule has 0 amide bonds. The van der Waals surface area contributed by atoms with E-state index in [0.29, 0.717) is 0 Å². The van der Waals surface area contributed by atoms with Crippen LogP contribution in [0.3, 0.4) is 0 Å². The Morgan fingerprint density at radius 1 is 1.14 bits per heavy atom. The van der Waals surface area contributed by atoms with Crippen LogP contribution in [0.25, 0.3) is 0 Å². The van der Waals surface area contributed by atoms with E-state index in [0.717, 1.165) is 44.4 Å². The van der Waals surface area contributed by atoms with Crippen LogP contribution < -0.4 is 10.6 Å². The van der Waals surface area contributed by atoms with Crippen molar-refractivity contribution in [3.8, 4) is 0 Å². The van der Waals surface area contributed by atoms with E-state index in [9.17, 15) is 0 Å². The second kappa shape index (κ2) is 13.6. The van der Waals surface area contributed by atoms with E-state index in [-0.39, 0.29) is 6.04 Å². The molecule has 0 spiro atoms. The van der Waals surface area contributed by atoms with Gasteiger partial charge in [-0.25, -0.2) is 0 Å². The van der Waals surface area contributed by atoms with Crippen molar-refractivity contribution in [2.24, 2.45) is 4.99 Å². The van der Waals surface area contributed by atoms with Gasteiger partial charge in [0, 0.05) is 13.1 Å². The lowest BCUT2D eigenvalue weighted by atomic mass is 10.1. The van der Waals surface area contributed by atoms with Crippen molar-refractivity contribution in [1.29, 1.82) is 0 Å². The first-order chi connectivity index (χ1) is 13.7.